The van der Waals surface area contributed by atoms with Crippen molar-refractivity contribution in [3.05, 3.63) is 0 Å². The van der Waals surface area contributed by atoms with Crippen molar-refractivity contribution in [2.75, 3.05) is 18.2 Å². The van der Waals surface area contributed by atoms with Crippen molar-refractivity contribution in [2.45, 2.75) is 71.6 Å². The molecule has 1 fully saturated rings. The Morgan fingerprint density at radius 2 is 1.54 bits per heavy atom. The van der Waals surface area contributed by atoms with Crippen LogP contribution in [0, 0.1) is 0 Å². The predicted molar refractivity (Wildman–Crippen MR) is 106 cm³/mol. The van der Waals surface area contributed by atoms with Crippen LogP contribution in [0.2, 0.25) is 0 Å². The molecule has 0 saturated carbocycles. The molecule has 0 spiro atoms. The van der Waals surface area contributed by atoms with Gasteiger partial charge in [-0.1, -0.05) is 0 Å². The molecular weight excluding hydrogens is 386 g/mol. The third-order valence-corrected chi connectivity index (χ3v) is 4.47. The summed E-state index contributed by atoms with van der Waals surface area (Å²) < 4.78 is 10.7. The summed E-state index contributed by atoms with van der Waals surface area (Å²) in [6.45, 7) is 10.4. The van der Waals surface area contributed by atoms with E-state index >= 15 is 0 Å². The molecule has 1 heterocycles. The fourth-order valence-electron chi connectivity index (χ4n) is 2.39. The fraction of sp³-hybridized carbons (Fsp3) is 0.778. The van der Waals surface area contributed by atoms with Crippen LogP contribution in [0.25, 0.3) is 0 Å². The van der Waals surface area contributed by atoms with Gasteiger partial charge in [-0.25, -0.2) is 9.59 Å². The molecule has 0 bridgehead atoms. The number of imide groups is 1. The zero-order chi connectivity index (χ0) is 21.7. The topological polar surface area (TPSA) is 119 Å². The first kappa shape index (κ1) is 24.1. The van der Waals surface area contributed by atoms with E-state index in [0.717, 1.165) is 5.75 Å². The molecule has 1 atom stereocenters. The lowest BCUT2D eigenvalue weighted by Gasteiger charge is -2.34. The zero-order valence-electron chi connectivity index (χ0n) is 17.4. The Morgan fingerprint density at radius 3 is 1.89 bits per heavy atom. The van der Waals surface area contributed by atoms with Gasteiger partial charge in [-0.3, -0.25) is 9.59 Å². The van der Waals surface area contributed by atoms with E-state index in [-0.39, 0.29) is 12.8 Å². The smallest absolute Gasteiger partial charge is 0.420 e. The Kier molecular flexibility index (Phi) is 8.16. The van der Waals surface area contributed by atoms with Gasteiger partial charge in [0.25, 0.3) is 0 Å². The van der Waals surface area contributed by atoms with Gasteiger partial charge in [0.2, 0.25) is 11.8 Å². The maximum atomic E-state index is 13.0. The summed E-state index contributed by atoms with van der Waals surface area (Å²) >= 11 is 1.56. The van der Waals surface area contributed by atoms with E-state index in [1.54, 1.807) is 53.3 Å². The first-order chi connectivity index (χ1) is 12.7. The average molecular weight is 418 g/mol. The number of ether oxygens (including phenoxy) is 2. The molecule has 0 aromatic rings. The van der Waals surface area contributed by atoms with Crippen molar-refractivity contribution in [1.82, 2.24) is 9.80 Å². The standard InChI is InChI=1S/C18H31N3O6S/c1-17(2,3)26-15(24)21(16(25)27-18(4,5)6)12(7-8-13(19)22)14(23)20-9-10-28-11-20/h12H,7-11H2,1-6H3,(H2,19,22)/t12-/m0/s1. The second kappa shape index (κ2) is 9.49. The minimum atomic E-state index is -1.24. The highest BCUT2D eigenvalue weighted by atomic mass is 32.2. The molecule has 1 aliphatic rings. The van der Waals surface area contributed by atoms with Gasteiger partial charge in [0.05, 0.1) is 5.88 Å². The van der Waals surface area contributed by atoms with E-state index in [1.807, 2.05) is 0 Å². The predicted octanol–water partition coefficient (Wildman–Crippen LogP) is 2.33. The van der Waals surface area contributed by atoms with Crippen molar-refractivity contribution < 1.29 is 28.7 Å². The third kappa shape index (κ3) is 7.95. The van der Waals surface area contributed by atoms with Gasteiger partial charge in [-0.05, 0) is 48.0 Å². The maximum absolute atomic E-state index is 13.0. The van der Waals surface area contributed by atoms with Crippen LogP contribution in [0.4, 0.5) is 9.59 Å². The maximum Gasteiger partial charge on any atom is 0.420 e. The van der Waals surface area contributed by atoms with Gasteiger partial charge < -0.3 is 20.1 Å². The van der Waals surface area contributed by atoms with Crippen LogP contribution in [0.3, 0.4) is 0 Å². The van der Waals surface area contributed by atoms with Gasteiger partial charge in [0.15, 0.2) is 0 Å². The quantitative estimate of drug-likeness (QED) is 0.729. The minimum Gasteiger partial charge on any atom is -0.443 e. The molecule has 0 aromatic carbocycles. The second-order valence-corrected chi connectivity index (χ2v) is 9.57. The number of thioether (sulfide) groups is 1. The molecule has 28 heavy (non-hydrogen) atoms. The first-order valence-corrected chi connectivity index (χ1v) is 10.3. The Hall–Kier alpha value is -1.97. The molecule has 160 valence electrons. The van der Waals surface area contributed by atoms with Crippen molar-refractivity contribution in [3.63, 3.8) is 0 Å². The number of primary amides is 1. The Labute approximate surface area is 170 Å². The number of amides is 4. The van der Waals surface area contributed by atoms with Crippen molar-refractivity contribution in [3.8, 4) is 0 Å². The molecule has 1 saturated heterocycles. The number of carbonyl (C=O) groups is 4. The van der Waals surface area contributed by atoms with Gasteiger partial charge in [0.1, 0.15) is 17.2 Å². The molecule has 1 rings (SSSR count). The minimum absolute atomic E-state index is 0.103. The molecule has 0 radical (unpaired) electrons. The molecule has 0 aliphatic carbocycles. The van der Waals surface area contributed by atoms with Crippen molar-refractivity contribution >= 4 is 35.8 Å². The second-order valence-electron chi connectivity index (χ2n) is 8.49. The Morgan fingerprint density at radius 1 is 1.04 bits per heavy atom. The molecule has 2 N–H and O–H groups in total. The lowest BCUT2D eigenvalue weighted by molar-refractivity contribution is -0.135. The lowest BCUT2D eigenvalue weighted by atomic mass is 10.1. The van der Waals surface area contributed by atoms with Gasteiger partial charge in [0, 0.05) is 18.7 Å². The van der Waals surface area contributed by atoms with E-state index in [2.05, 4.69) is 0 Å². The van der Waals surface area contributed by atoms with Crippen LogP contribution in [-0.2, 0) is 19.1 Å². The molecular formula is C18H31N3O6S. The number of carbonyl (C=O) groups excluding carboxylic acids is 4. The summed E-state index contributed by atoms with van der Waals surface area (Å²) in [6, 6.07) is -1.24. The SMILES string of the molecule is CC(C)(C)OC(=O)N(C(=O)OC(C)(C)C)[C@@H](CCC(N)=O)C(=O)N1CCSC1. The van der Waals surface area contributed by atoms with E-state index in [1.165, 1.54) is 4.90 Å². The summed E-state index contributed by atoms with van der Waals surface area (Å²) in [5, 5.41) is 0. The highest BCUT2D eigenvalue weighted by Gasteiger charge is 2.42. The number of nitrogens with zero attached hydrogens (tertiary/aromatic N) is 2. The lowest BCUT2D eigenvalue weighted by Crippen LogP contribution is -2.55. The van der Waals surface area contributed by atoms with Crippen LogP contribution in [0.1, 0.15) is 54.4 Å². The van der Waals surface area contributed by atoms with Gasteiger partial charge in [-0.2, -0.15) is 4.90 Å². The van der Waals surface area contributed by atoms with E-state index in [0.29, 0.717) is 17.3 Å². The van der Waals surface area contributed by atoms with Crippen LogP contribution >= 0.6 is 11.8 Å². The number of hydrogen-bond acceptors (Lipinski definition) is 7. The van der Waals surface area contributed by atoms with E-state index in [4.69, 9.17) is 15.2 Å². The van der Waals surface area contributed by atoms with Crippen LogP contribution in [-0.4, -0.2) is 69.2 Å². The number of hydrogen-bond donors (Lipinski definition) is 1. The monoisotopic (exact) mass is 417 g/mol. The third-order valence-electron chi connectivity index (χ3n) is 3.51. The van der Waals surface area contributed by atoms with Gasteiger partial charge in [-0.15, -0.1) is 11.8 Å². The molecule has 0 aromatic heterocycles. The summed E-state index contributed by atoms with van der Waals surface area (Å²) in [4.78, 5) is 52.2. The van der Waals surface area contributed by atoms with Crippen LogP contribution in [0.15, 0.2) is 0 Å². The van der Waals surface area contributed by atoms with Crippen molar-refractivity contribution in [1.29, 1.82) is 0 Å². The number of rotatable bonds is 5. The Balaban J connectivity index is 3.25. The summed E-state index contributed by atoms with van der Waals surface area (Å²) in [6.07, 6.45) is -2.28. The summed E-state index contributed by atoms with van der Waals surface area (Å²) in [5.74, 6) is 0.125. The normalized spacial score (nSPS) is 15.7. The van der Waals surface area contributed by atoms with Crippen LogP contribution < -0.4 is 5.73 Å². The highest BCUT2D eigenvalue weighted by molar-refractivity contribution is 7.99. The molecule has 9 nitrogen and oxygen atoms in total. The number of nitrogens with two attached hydrogens (primary N) is 1. The van der Waals surface area contributed by atoms with Crippen LogP contribution in [0.5, 0.6) is 0 Å². The highest BCUT2D eigenvalue weighted by Crippen LogP contribution is 2.23. The average Bonchev–Trinajstić information content (AvgIpc) is 3.00. The molecule has 4 amide bonds. The molecule has 10 heteroatoms. The van der Waals surface area contributed by atoms with E-state index in [9.17, 15) is 19.2 Å². The Bertz CT molecular complexity index is 577. The fourth-order valence-corrected chi connectivity index (χ4v) is 3.35. The van der Waals surface area contributed by atoms with Crippen molar-refractivity contribution in [2.24, 2.45) is 5.73 Å². The molecule has 0 unspecified atom stereocenters. The van der Waals surface area contributed by atoms with E-state index < -0.39 is 41.2 Å². The van der Waals surface area contributed by atoms with Gasteiger partial charge >= 0.3 is 12.2 Å². The zero-order valence-corrected chi connectivity index (χ0v) is 18.3. The molecule has 1 aliphatic heterocycles. The largest absolute Gasteiger partial charge is 0.443 e. The summed E-state index contributed by atoms with van der Waals surface area (Å²) in [5.41, 5.74) is 3.45. The first-order valence-electron chi connectivity index (χ1n) is 9.11. The summed E-state index contributed by atoms with van der Waals surface area (Å²) in [7, 11) is 0.